The molecule has 0 amide bonds. The quantitative estimate of drug-likeness (QED) is 0.867. The Hall–Kier alpha value is -1.39. The summed E-state index contributed by atoms with van der Waals surface area (Å²) >= 11 is 3.26. The summed E-state index contributed by atoms with van der Waals surface area (Å²) in [6.45, 7) is 1.25. The van der Waals surface area contributed by atoms with E-state index in [4.69, 9.17) is 5.73 Å². The molecule has 0 heterocycles. The maximum Gasteiger partial charge on any atom is 0.128 e. The highest BCUT2D eigenvalue weighted by molar-refractivity contribution is 9.10. The summed E-state index contributed by atoms with van der Waals surface area (Å²) in [4.78, 5) is 2.04. The van der Waals surface area contributed by atoms with E-state index in [1.807, 2.05) is 42.3 Å². The molecule has 2 nitrogen and oxygen atoms in total. The Balaban J connectivity index is 2.05. The van der Waals surface area contributed by atoms with E-state index in [0.29, 0.717) is 18.7 Å². The molecule has 0 aliphatic rings. The van der Waals surface area contributed by atoms with Crippen LogP contribution in [0, 0.1) is 5.82 Å². The van der Waals surface area contributed by atoms with Crippen LogP contribution in [-0.4, -0.2) is 11.9 Å². The first-order valence-corrected chi connectivity index (χ1v) is 6.81. The number of nitrogens with two attached hydrogens (primary N) is 1. The molecule has 0 aromatic heterocycles. The van der Waals surface area contributed by atoms with Crippen LogP contribution in [0.3, 0.4) is 0 Å². The summed E-state index contributed by atoms with van der Waals surface area (Å²) in [6, 6.07) is 12.9. The number of para-hydroxylation sites is 1. The molecule has 100 valence electrons. The molecule has 0 aliphatic carbocycles. The molecule has 0 saturated carbocycles. The van der Waals surface area contributed by atoms with Crippen LogP contribution in [0.25, 0.3) is 0 Å². The Bertz CT molecular complexity index is 572. The number of anilines is 1. The van der Waals surface area contributed by atoms with Gasteiger partial charge in [0.25, 0.3) is 0 Å². The first-order chi connectivity index (χ1) is 9.06. The molecule has 0 bridgehead atoms. The van der Waals surface area contributed by atoms with Crippen LogP contribution in [0.5, 0.6) is 0 Å². The first kappa shape index (κ1) is 14.0. The van der Waals surface area contributed by atoms with E-state index in [2.05, 4.69) is 15.9 Å². The van der Waals surface area contributed by atoms with Crippen molar-refractivity contribution in [1.29, 1.82) is 0 Å². The highest BCUT2D eigenvalue weighted by Crippen LogP contribution is 2.18. The Labute approximate surface area is 121 Å². The molecule has 2 rings (SSSR count). The lowest BCUT2D eigenvalue weighted by Gasteiger charge is -2.18. The van der Waals surface area contributed by atoms with Gasteiger partial charge in [0.15, 0.2) is 0 Å². The average Bonchev–Trinajstić information content (AvgIpc) is 2.36. The summed E-state index contributed by atoms with van der Waals surface area (Å²) in [7, 11) is 1.95. The van der Waals surface area contributed by atoms with Gasteiger partial charge in [-0.1, -0.05) is 40.2 Å². The number of hydrogen-bond donors (Lipinski definition) is 1. The van der Waals surface area contributed by atoms with Gasteiger partial charge in [0, 0.05) is 28.8 Å². The third-order valence-electron chi connectivity index (χ3n) is 2.95. The minimum absolute atomic E-state index is 0.192. The number of nitrogen functional groups attached to an aromatic ring is 1. The summed E-state index contributed by atoms with van der Waals surface area (Å²) < 4.78 is 14.5. The lowest BCUT2D eigenvalue weighted by Crippen LogP contribution is -2.18. The van der Waals surface area contributed by atoms with Gasteiger partial charge in [0.05, 0.1) is 0 Å². The van der Waals surface area contributed by atoms with Gasteiger partial charge in [-0.25, -0.2) is 4.39 Å². The van der Waals surface area contributed by atoms with Crippen LogP contribution in [0.1, 0.15) is 11.1 Å². The standard InChI is InChI=1S/C15H16BrFN2/c1-19(10-12-4-2-3-5-15(12)18)9-11-6-7-13(16)8-14(11)17/h2-8H,9-10,18H2,1H3. The molecule has 0 unspecified atom stereocenters. The smallest absolute Gasteiger partial charge is 0.128 e. The van der Waals surface area contributed by atoms with Crippen molar-refractivity contribution in [2.75, 3.05) is 12.8 Å². The van der Waals surface area contributed by atoms with Gasteiger partial charge in [-0.05, 0) is 30.8 Å². The highest BCUT2D eigenvalue weighted by atomic mass is 79.9. The third kappa shape index (κ3) is 3.78. The molecule has 0 atom stereocenters. The zero-order chi connectivity index (χ0) is 13.8. The molecule has 2 aromatic carbocycles. The third-order valence-corrected chi connectivity index (χ3v) is 3.44. The second kappa shape index (κ2) is 6.17. The SMILES string of the molecule is CN(Cc1ccccc1N)Cc1ccc(Br)cc1F. The van der Waals surface area contributed by atoms with Crippen molar-refractivity contribution in [2.24, 2.45) is 0 Å². The van der Waals surface area contributed by atoms with Gasteiger partial charge in [0.1, 0.15) is 5.82 Å². The maximum atomic E-state index is 13.7. The van der Waals surface area contributed by atoms with E-state index in [1.165, 1.54) is 6.07 Å². The molecule has 0 spiro atoms. The second-order valence-corrected chi connectivity index (χ2v) is 5.52. The lowest BCUT2D eigenvalue weighted by molar-refractivity contribution is 0.314. The van der Waals surface area contributed by atoms with Crippen LogP contribution in [0.4, 0.5) is 10.1 Å². The minimum Gasteiger partial charge on any atom is -0.398 e. The number of halogens is 2. The molecular formula is C15H16BrFN2. The average molecular weight is 323 g/mol. The fourth-order valence-electron chi connectivity index (χ4n) is 1.97. The zero-order valence-corrected chi connectivity index (χ0v) is 12.3. The molecule has 0 fully saturated rings. The molecular weight excluding hydrogens is 307 g/mol. The topological polar surface area (TPSA) is 29.3 Å². The fourth-order valence-corrected chi connectivity index (χ4v) is 2.30. The molecule has 0 saturated heterocycles. The zero-order valence-electron chi connectivity index (χ0n) is 10.7. The number of hydrogen-bond acceptors (Lipinski definition) is 2. The molecule has 2 aromatic rings. The van der Waals surface area contributed by atoms with Crippen LogP contribution in [-0.2, 0) is 13.1 Å². The Kier molecular flexibility index (Phi) is 4.56. The van der Waals surface area contributed by atoms with Crippen molar-refractivity contribution < 1.29 is 4.39 Å². The van der Waals surface area contributed by atoms with Gasteiger partial charge in [-0.15, -0.1) is 0 Å². The van der Waals surface area contributed by atoms with Crippen molar-refractivity contribution in [3.63, 3.8) is 0 Å². The molecule has 2 N–H and O–H groups in total. The molecule has 4 heteroatoms. The van der Waals surface area contributed by atoms with Gasteiger partial charge in [-0.2, -0.15) is 0 Å². The normalized spacial score (nSPS) is 10.9. The number of benzene rings is 2. The van der Waals surface area contributed by atoms with E-state index < -0.39 is 0 Å². The molecule has 0 radical (unpaired) electrons. The van der Waals surface area contributed by atoms with Crippen LogP contribution < -0.4 is 5.73 Å². The van der Waals surface area contributed by atoms with Crippen molar-refractivity contribution in [1.82, 2.24) is 4.90 Å². The molecule has 0 aliphatic heterocycles. The van der Waals surface area contributed by atoms with E-state index in [1.54, 1.807) is 6.07 Å². The van der Waals surface area contributed by atoms with Crippen molar-refractivity contribution >= 4 is 21.6 Å². The largest absolute Gasteiger partial charge is 0.398 e. The Morgan fingerprint density at radius 1 is 1.11 bits per heavy atom. The lowest BCUT2D eigenvalue weighted by atomic mass is 10.1. The van der Waals surface area contributed by atoms with E-state index in [9.17, 15) is 4.39 Å². The highest BCUT2D eigenvalue weighted by Gasteiger charge is 2.08. The number of nitrogens with zero attached hydrogens (tertiary/aromatic N) is 1. The van der Waals surface area contributed by atoms with Gasteiger partial charge < -0.3 is 5.73 Å². The Morgan fingerprint density at radius 3 is 2.47 bits per heavy atom. The van der Waals surface area contributed by atoms with Crippen LogP contribution >= 0.6 is 15.9 Å². The Morgan fingerprint density at radius 2 is 1.79 bits per heavy atom. The monoisotopic (exact) mass is 322 g/mol. The van der Waals surface area contributed by atoms with Gasteiger partial charge in [-0.3, -0.25) is 4.90 Å². The van der Waals surface area contributed by atoms with Crippen molar-refractivity contribution in [3.05, 3.63) is 63.9 Å². The minimum atomic E-state index is -0.192. The summed E-state index contributed by atoms with van der Waals surface area (Å²) in [6.07, 6.45) is 0. The summed E-state index contributed by atoms with van der Waals surface area (Å²) in [5, 5.41) is 0. The van der Waals surface area contributed by atoms with Crippen LogP contribution in [0.15, 0.2) is 46.9 Å². The van der Waals surface area contributed by atoms with Crippen LogP contribution in [0.2, 0.25) is 0 Å². The van der Waals surface area contributed by atoms with Crippen molar-refractivity contribution in [2.45, 2.75) is 13.1 Å². The maximum absolute atomic E-state index is 13.7. The van der Waals surface area contributed by atoms with Gasteiger partial charge >= 0.3 is 0 Å². The van der Waals surface area contributed by atoms with Gasteiger partial charge in [0.2, 0.25) is 0 Å². The second-order valence-electron chi connectivity index (χ2n) is 4.61. The first-order valence-electron chi connectivity index (χ1n) is 6.02. The van der Waals surface area contributed by atoms with E-state index >= 15 is 0 Å². The molecule has 19 heavy (non-hydrogen) atoms. The fraction of sp³-hybridized carbons (Fsp3) is 0.200. The summed E-state index contributed by atoms with van der Waals surface area (Å²) in [5.41, 5.74) is 8.41. The predicted molar refractivity (Wildman–Crippen MR) is 80.1 cm³/mol. The van der Waals surface area contributed by atoms with E-state index in [0.717, 1.165) is 15.7 Å². The summed E-state index contributed by atoms with van der Waals surface area (Å²) in [5.74, 6) is -0.192. The predicted octanol–water partition coefficient (Wildman–Crippen LogP) is 3.80. The van der Waals surface area contributed by atoms with Crippen molar-refractivity contribution in [3.8, 4) is 0 Å². The number of rotatable bonds is 4. The van der Waals surface area contributed by atoms with E-state index in [-0.39, 0.29) is 5.82 Å².